The Kier molecular flexibility index (Phi) is 5.20. The molecule has 4 nitrogen and oxygen atoms in total. The second kappa shape index (κ2) is 7.53. The van der Waals surface area contributed by atoms with Crippen molar-refractivity contribution in [3.8, 4) is 0 Å². The fourth-order valence-electron chi connectivity index (χ4n) is 2.82. The monoisotopic (exact) mass is 340 g/mol. The van der Waals surface area contributed by atoms with E-state index in [2.05, 4.69) is 17.4 Å². The van der Waals surface area contributed by atoms with Crippen LogP contribution in [0.25, 0.3) is 0 Å². The lowest BCUT2D eigenvalue weighted by Crippen LogP contribution is -2.25. The van der Waals surface area contributed by atoms with Gasteiger partial charge < -0.3 is 10.2 Å². The molecule has 1 aliphatic heterocycles. The van der Waals surface area contributed by atoms with Gasteiger partial charge in [-0.2, -0.15) is 0 Å². The van der Waals surface area contributed by atoms with Crippen molar-refractivity contribution in [2.24, 2.45) is 0 Å². The number of amides is 2. The predicted molar refractivity (Wildman–Crippen MR) is 99.4 cm³/mol. The maximum absolute atomic E-state index is 12.1. The molecule has 0 atom stereocenters. The Labute approximate surface area is 146 Å². The van der Waals surface area contributed by atoms with E-state index in [4.69, 9.17) is 0 Å². The number of carbonyl (C=O) groups excluding carboxylic acids is 2. The summed E-state index contributed by atoms with van der Waals surface area (Å²) in [4.78, 5) is 25.5. The third kappa shape index (κ3) is 3.97. The maximum Gasteiger partial charge on any atom is 0.234 e. The standard InChI is InChI=1S/C19H20N2O2S/c1-14(22)21-10-9-16-7-8-17(11-18(16)21)20-19(23)13-24-12-15-5-3-2-4-6-15/h2-8,11H,9-10,12-13H2,1H3,(H,20,23). The van der Waals surface area contributed by atoms with Crippen LogP contribution in [0.5, 0.6) is 0 Å². The highest BCUT2D eigenvalue weighted by molar-refractivity contribution is 7.99. The van der Waals surface area contributed by atoms with Crippen LogP contribution in [0.15, 0.2) is 48.5 Å². The van der Waals surface area contributed by atoms with Crippen molar-refractivity contribution in [3.63, 3.8) is 0 Å². The molecule has 3 rings (SSSR count). The number of hydrogen-bond acceptors (Lipinski definition) is 3. The molecule has 2 amide bonds. The molecule has 124 valence electrons. The van der Waals surface area contributed by atoms with Crippen LogP contribution >= 0.6 is 11.8 Å². The van der Waals surface area contributed by atoms with Gasteiger partial charge in [0.15, 0.2) is 0 Å². The van der Waals surface area contributed by atoms with Gasteiger partial charge in [0.25, 0.3) is 0 Å². The summed E-state index contributed by atoms with van der Waals surface area (Å²) in [5.41, 5.74) is 4.02. The topological polar surface area (TPSA) is 49.4 Å². The number of rotatable bonds is 5. The Morgan fingerprint density at radius 2 is 1.96 bits per heavy atom. The normalized spacial score (nSPS) is 12.8. The Balaban J connectivity index is 1.55. The van der Waals surface area contributed by atoms with Gasteiger partial charge >= 0.3 is 0 Å². The van der Waals surface area contributed by atoms with E-state index in [0.717, 1.165) is 35.7 Å². The minimum Gasteiger partial charge on any atom is -0.325 e. The second-order valence-electron chi connectivity index (χ2n) is 5.79. The van der Waals surface area contributed by atoms with Gasteiger partial charge in [-0.15, -0.1) is 11.8 Å². The lowest BCUT2D eigenvalue weighted by Gasteiger charge is -2.15. The van der Waals surface area contributed by atoms with Crippen LogP contribution in [-0.2, 0) is 21.8 Å². The van der Waals surface area contributed by atoms with Crippen LogP contribution in [0.1, 0.15) is 18.1 Å². The van der Waals surface area contributed by atoms with E-state index in [1.165, 1.54) is 5.56 Å². The molecule has 1 aliphatic rings. The molecule has 1 heterocycles. The fraction of sp³-hybridized carbons (Fsp3) is 0.263. The molecule has 2 aromatic rings. The van der Waals surface area contributed by atoms with E-state index in [-0.39, 0.29) is 11.8 Å². The molecule has 0 bridgehead atoms. The summed E-state index contributed by atoms with van der Waals surface area (Å²) in [5, 5.41) is 2.92. The van der Waals surface area contributed by atoms with Crippen molar-refractivity contribution >= 4 is 35.0 Å². The van der Waals surface area contributed by atoms with Gasteiger partial charge in [-0.3, -0.25) is 9.59 Å². The average molecular weight is 340 g/mol. The van der Waals surface area contributed by atoms with Gasteiger partial charge in [0.1, 0.15) is 0 Å². The summed E-state index contributed by atoms with van der Waals surface area (Å²) in [5.74, 6) is 1.23. The number of carbonyl (C=O) groups is 2. The van der Waals surface area contributed by atoms with Gasteiger partial charge in [-0.1, -0.05) is 36.4 Å². The van der Waals surface area contributed by atoms with Crippen molar-refractivity contribution in [2.45, 2.75) is 19.1 Å². The Hall–Kier alpha value is -2.27. The van der Waals surface area contributed by atoms with Gasteiger partial charge in [0.05, 0.1) is 5.75 Å². The minimum absolute atomic E-state index is 0.0248. The lowest BCUT2D eigenvalue weighted by molar-refractivity contribution is -0.116. The number of hydrogen-bond donors (Lipinski definition) is 1. The molecular formula is C19H20N2O2S. The number of thioether (sulfide) groups is 1. The molecular weight excluding hydrogens is 320 g/mol. The van der Waals surface area contributed by atoms with Crippen molar-refractivity contribution < 1.29 is 9.59 Å². The SMILES string of the molecule is CC(=O)N1CCc2ccc(NC(=O)CSCc3ccccc3)cc21. The largest absolute Gasteiger partial charge is 0.325 e. The molecule has 0 fully saturated rings. The van der Waals surface area contributed by atoms with Gasteiger partial charge in [-0.05, 0) is 29.7 Å². The van der Waals surface area contributed by atoms with Crippen molar-refractivity contribution in [1.29, 1.82) is 0 Å². The van der Waals surface area contributed by atoms with Crippen LogP contribution in [0.4, 0.5) is 11.4 Å². The molecule has 0 aliphatic carbocycles. The average Bonchev–Trinajstić information content (AvgIpc) is 2.99. The lowest BCUT2D eigenvalue weighted by atomic mass is 10.1. The van der Waals surface area contributed by atoms with Gasteiger partial charge in [-0.25, -0.2) is 0 Å². The minimum atomic E-state index is -0.0248. The predicted octanol–water partition coefficient (Wildman–Crippen LogP) is 3.47. The molecule has 0 aromatic heterocycles. The Bertz CT molecular complexity index is 746. The number of benzene rings is 2. The fourth-order valence-corrected chi connectivity index (χ4v) is 3.60. The molecule has 2 aromatic carbocycles. The number of fused-ring (bicyclic) bond motifs is 1. The quantitative estimate of drug-likeness (QED) is 0.907. The van der Waals surface area contributed by atoms with E-state index in [9.17, 15) is 9.59 Å². The number of anilines is 2. The third-order valence-corrected chi connectivity index (χ3v) is 4.99. The van der Waals surface area contributed by atoms with Crippen LogP contribution in [0.2, 0.25) is 0 Å². The van der Waals surface area contributed by atoms with Crippen LogP contribution in [0.3, 0.4) is 0 Å². The van der Waals surface area contributed by atoms with E-state index in [1.54, 1.807) is 23.6 Å². The molecule has 24 heavy (non-hydrogen) atoms. The van der Waals surface area contributed by atoms with Gasteiger partial charge in [0.2, 0.25) is 11.8 Å². The van der Waals surface area contributed by atoms with Crippen LogP contribution in [0, 0.1) is 0 Å². The van der Waals surface area contributed by atoms with E-state index in [1.807, 2.05) is 36.4 Å². The summed E-state index contributed by atoms with van der Waals surface area (Å²) in [6.07, 6.45) is 0.871. The van der Waals surface area contributed by atoms with Crippen molar-refractivity contribution in [3.05, 3.63) is 59.7 Å². The first-order valence-electron chi connectivity index (χ1n) is 7.96. The van der Waals surface area contributed by atoms with E-state index < -0.39 is 0 Å². The number of nitrogens with one attached hydrogen (secondary N) is 1. The second-order valence-corrected chi connectivity index (χ2v) is 6.78. The smallest absolute Gasteiger partial charge is 0.234 e. The zero-order chi connectivity index (χ0) is 16.9. The molecule has 0 spiro atoms. The Morgan fingerprint density at radius 3 is 2.71 bits per heavy atom. The zero-order valence-electron chi connectivity index (χ0n) is 13.6. The molecule has 0 saturated carbocycles. The molecule has 5 heteroatoms. The molecule has 0 radical (unpaired) electrons. The summed E-state index contributed by atoms with van der Waals surface area (Å²) >= 11 is 1.59. The summed E-state index contributed by atoms with van der Waals surface area (Å²) in [7, 11) is 0. The third-order valence-electron chi connectivity index (χ3n) is 3.99. The van der Waals surface area contributed by atoms with Crippen LogP contribution in [-0.4, -0.2) is 24.1 Å². The first-order chi connectivity index (χ1) is 11.6. The molecule has 0 unspecified atom stereocenters. The highest BCUT2D eigenvalue weighted by atomic mass is 32.2. The van der Waals surface area contributed by atoms with Crippen LogP contribution < -0.4 is 10.2 Å². The van der Waals surface area contributed by atoms with Gasteiger partial charge in [0, 0.05) is 30.6 Å². The summed E-state index contributed by atoms with van der Waals surface area (Å²) in [6, 6.07) is 15.9. The summed E-state index contributed by atoms with van der Waals surface area (Å²) in [6.45, 7) is 2.29. The first-order valence-corrected chi connectivity index (χ1v) is 9.11. The zero-order valence-corrected chi connectivity index (χ0v) is 14.4. The van der Waals surface area contributed by atoms with E-state index in [0.29, 0.717) is 5.75 Å². The molecule has 1 N–H and O–H groups in total. The first kappa shape index (κ1) is 16.6. The highest BCUT2D eigenvalue weighted by Crippen LogP contribution is 2.31. The summed E-state index contributed by atoms with van der Waals surface area (Å²) < 4.78 is 0. The molecule has 0 saturated heterocycles. The van der Waals surface area contributed by atoms with Crippen molar-refractivity contribution in [1.82, 2.24) is 0 Å². The number of nitrogens with zero attached hydrogens (tertiary/aromatic N) is 1. The Morgan fingerprint density at radius 1 is 1.17 bits per heavy atom. The van der Waals surface area contributed by atoms with E-state index >= 15 is 0 Å². The van der Waals surface area contributed by atoms with Crippen molar-refractivity contribution in [2.75, 3.05) is 22.5 Å². The highest BCUT2D eigenvalue weighted by Gasteiger charge is 2.22. The maximum atomic E-state index is 12.1.